The van der Waals surface area contributed by atoms with Crippen LogP contribution in [0.1, 0.15) is 11.1 Å². The van der Waals surface area contributed by atoms with Gasteiger partial charge in [0.1, 0.15) is 23.0 Å². The van der Waals surface area contributed by atoms with Gasteiger partial charge in [0, 0.05) is 28.9 Å². The summed E-state index contributed by atoms with van der Waals surface area (Å²) in [5, 5.41) is 3.55. The summed E-state index contributed by atoms with van der Waals surface area (Å²) < 4.78 is 24.1. The second-order valence-electron chi connectivity index (χ2n) is 7.36. The average Bonchev–Trinajstić information content (AvgIpc) is 3.05. The molecule has 0 aliphatic carbocycles. The maximum Gasteiger partial charge on any atom is 0.282 e. The van der Waals surface area contributed by atoms with Crippen molar-refractivity contribution in [2.24, 2.45) is 0 Å². The van der Waals surface area contributed by atoms with Gasteiger partial charge >= 0.3 is 0 Å². The van der Waals surface area contributed by atoms with Crippen LogP contribution in [0.3, 0.4) is 0 Å². The first-order valence-corrected chi connectivity index (χ1v) is 10.4. The fourth-order valence-corrected chi connectivity index (χ4v) is 3.72. The number of aryl methyl sites for hydroxylation is 1. The molecule has 1 heterocycles. The molecule has 0 spiro atoms. The molecule has 1 aliphatic heterocycles. The number of hydrogen-bond acceptors (Lipinski definition) is 5. The number of ether oxygens (including phenoxy) is 2. The van der Waals surface area contributed by atoms with E-state index in [1.807, 2.05) is 6.92 Å². The zero-order valence-corrected chi connectivity index (χ0v) is 18.9. The number of methoxy groups -OCH3 is 2. The SMILES string of the molecule is COc1cc(OC)cc(N2C(=O)C(Nc3cc(Cl)ccc3C)=C(c3ccc(F)cc3)C2=O)c1. The molecule has 3 aromatic carbocycles. The Hall–Kier alpha value is -3.84. The normalized spacial score (nSPS) is 13.5. The zero-order chi connectivity index (χ0) is 23.7. The van der Waals surface area contributed by atoms with Gasteiger partial charge in [-0.15, -0.1) is 0 Å². The molecule has 33 heavy (non-hydrogen) atoms. The van der Waals surface area contributed by atoms with E-state index in [4.69, 9.17) is 21.1 Å². The number of nitrogens with one attached hydrogen (secondary N) is 1. The van der Waals surface area contributed by atoms with Crippen molar-refractivity contribution in [3.05, 3.63) is 88.3 Å². The molecule has 0 bridgehead atoms. The molecule has 0 aromatic heterocycles. The number of halogens is 2. The highest BCUT2D eigenvalue weighted by atomic mass is 35.5. The van der Waals surface area contributed by atoms with Crippen molar-refractivity contribution in [2.45, 2.75) is 6.92 Å². The topological polar surface area (TPSA) is 67.9 Å². The van der Waals surface area contributed by atoms with Crippen molar-refractivity contribution in [3.63, 3.8) is 0 Å². The molecule has 1 N–H and O–H groups in total. The molecule has 2 amide bonds. The second-order valence-corrected chi connectivity index (χ2v) is 7.79. The predicted molar refractivity (Wildman–Crippen MR) is 125 cm³/mol. The quantitative estimate of drug-likeness (QED) is 0.506. The summed E-state index contributed by atoms with van der Waals surface area (Å²) in [5.74, 6) is -0.760. The van der Waals surface area contributed by atoms with E-state index in [-0.39, 0.29) is 17.0 Å². The Morgan fingerprint density at radius 3 is 2.12 bits per heavy atom. The molecule has 6 nitrogen and oxygen atoms in total. The van der Waals surface area contributed by atoms with Gasteiger partial charge in [-0.05, 0) is 42.3 Å². The Bertz CT molecular complexity index is 1270. The van der Waals surface area contributed by atoms with Crippen LogP contribution < -0.4 is 19.7 Å². The molecule has 8 heteroatoms. The Kier molecular flexibility index (Phi) is 6.07. The maximum atomic E-state index is 13.6. The Morgan fingerprint density at radius 2 is 1.52 bits per heavy atom. The van der Waals surface area contributed by atoms with Gasteiger partial charge in [0.15, 0.2) is 0 Å². The third kappa shape index (κ3) is 4.27. The minimum absolute atomic E-state index is 0.0544. The molecule has 3 aromatic rings. The zero-order valence-electron chi connectivity index (χ0n) is 18.1. The van der Waals surface area contributed by atoms with Crippen LogP contribution in [-0.4, -0.2) is 26.0 Å². The number of anilines is 2. The summed E-state index contributed by atoms with van der Waals surface area (Å²) in [5.41, 5.74) is 2.24. The van der Waals surface area contributed by atoms with Gasteiger partial charge in [-0.25, -0.2) is 9.29 Å². The van der Waals surface area contributed by atoms with Crippen molar-refractivity contribution >= 4 is 40.4 Å². The minimum atomic E-state index is -0.575. The second kappa shape index (κ2) is 8.96. The van der Waals surface area contributed by atoms with E-state index >= 15 is 0 Å². The van der Waals surface area contributed by atoms with Gasteiger partial charge in [0.05, 0.1) is 25.5 Å². The number of rotatable bonds is 6. The Labute approximate surface area is 195 Å². The number of carbonyl (C=O) groups is 2. The van der Waals surface area contributed by atoms with Crippen LogP contribution in [0.2, 0.25) is 5.02 Å². The van der Waals surface area contributed by atoms with Crippen molar-refractivity contribution in [1.29, 1.82) is 0 Å². The standard InChI is InChI=1S/C25H20ClFN2O4/c1-14-4-7-16(26)10-21(14)28-23-22(15-5-8-17(27)9-6-15)24(30)29(25(23)31)18-11-19(32-2)13-20(12-18)33-3/h4-13,28H,1-3H3. The van der Waals surface area contributed by atoms with E-state index < -0.39 is 17.6 Å². The molecule has 0 atom stereocenters. The van der Waals surface area contributed by atoms with Crippen molar-refractivity contribution in [3.8, 4) is 11.5 Å². The molecule has 0 fully saturated rings. The van der Waals surface area contributed by atoms with E-state index in [1.54, 1.807) is 36.4 Å². The molecule has 1 aliphatic rings. The van der Waals surface area contributed by atoms with Crippen LogP contribution in [0.4, 0.5) is 15.8 Å². The lowest BCUT2D eigenvalue weighted by atomic mass is 10.0. The van der Waals surface area contributed by atoms with Crippen molar-refractivity contribution < 1.29 is 23.5 Å². The smallest absolute Gasteiger partial charge is 0.282 e. The highest BCUT2D eigenvalue weighted by Crippen LogP contribution is 2.37. The Morgan fingerprint density at radius 1 is 0.879 bits per heavy atom. The van der Waals surface area contributed by atoms with E-state index in [2.05, 4.69) is 5.32 Å². The van der Waals surface area contributed by atoms with Crippen molar-refractivity contribution in [1.82, 2.24) is 0 Å². The fourth-order valence-electron chi connectivity index (χ4n) is 3.55. The molecule has 0 saturated carbocycles. The van der Waals surface area contributed by atoms with E-state index in [9.17, 15) is 14.0 Å². The summed E-state index contributed by atoms with van der Waals surface area (Å²) in [4.78, 5) is 28.2. The third-order valence-electron chi connectivity index (χ3n) is 5.27. The molecule has 168 valence electrons. The van der Waals surface area contributed by atoms with E-state index in [1.165, 1.54) is 38.5 Å². The third-order valence-corrected chi connectivity index (χ3v) is 5.51. The van der Waals surface area contributed by atoms with Crippen LogP contribution in [0, 0.1) is 12.7 Å². The summed E-state index contributed by atoms with van der Waals surface area (Å²) in [6, 6.07) is 15.3. The molecular weight excluding hydrogens is 447 g/mol. The lowest BCUT2D eigenvalue weighted by Gasteiger charge is -2.18. The van der Waals surface area contributed by atoms with Crippen LogP contribution in [-0.2, 0) is 9.59 Å². The first kappa shape index (κ1) is 22.4. The lowest BCUT2D eigenvalue weighted by molar-refractivity contribution is -0.120. The number of nitrogens with zero attached hydrogens (tertiary/aromatic N) is 1. The lowest BCUT2D eigenvalue weighted by Crippen LogP contribution is -2.32. The predicted octanol–water partition coefficient (Wildman–Crippen LogP) is 5.20. The van der Waals surface area contributed by atoms with Crippen LogP contribution in [0.5, 0.6) is 11.5 Å². The van der Waals surface area contributed by atoms with Crippen molar-refractivity contribution in [2.75, 3.05) is 24.4 Å². The first-order valence-electron chi connectivity index (χ1n) is 9.97. The van der Waals surface area contributed by atoms with E-state index in [0.717, 1.165) is 10.5 Å². The highest BCUT2D eigenvalue weighted by molar-refractivity contribution is 6.46. The largest absolute Gasteiger partial charge is 0.497 e. The maximum absolute atomic E-state index is 13.6. The van der Waals surface area contributed by atoms with Gasteiger partial charge in [0.2, 0.25) is 0 Å². The van der Waals surface area contributed by atoms with Crippen LogP contribution in [0.15, 0.2) is 66.4 Å². The summed E-state index contributed by atoms with van der Waals surface area (Å²) in [7, 11) is 2.95. The number of carbonyl (C=O) groups excluding carboxylic acids is 2. The fraction of sp³-hybridized carbons (Fsp3) is 0.120. The molecule has 0 saturated heterocycles. The monoisotopic (exact) mass is 466 g/mol. The van der Waals surface area contributed by atoms with E-state index in [0.29, 0.717) is 27.8 Å². The highest BCUT2D eigenvalue weighted by Gasteiger charge is 2.40. The van der Waals surface area contributed by atoms with Gasteiger partial charge in [-0.3, -0.25) is 9.59 Å². The molecule has 0 unspecified atom stereocenters. The number of amides is 2. The molecule has 0 radical (unpaired) electrons. The minimum Gasteiger partial charge on any atom is -0.497 e. The molecule has 4 rings (SSSR count). The average molecular weight is 467 g/mol. The number of benzene rings is 3. The summed E-state index contributed by atoms with van der Waals surface area (Å²) in [6.07, 6.45) is 0. The summed E-state index contributed by atoms with van der Waals surface area (Å²) >= 11 is 6.14. The van der Waals surface area contributed by atoms with Gasteiger partial charge in [0.25, 0.3) is 11.8 Å². The van der Waals surface area contributed by atoms with Crippen LogP contribution in [0.25, 0.3) is 5.57 Å². The molecular formula is C25H20ClFN2O4. The number of imide groups is 1. The van der Waals surface area contributed by atoms with Gasteiger partial charge < -0.3 is 14.8 Å². The number of hydrogen-bond donors (Lipinski definition) is 1. The van der Waals surface area contributed by atoms with Gasteiger partial charge in [-0.1, -0.05) is 29.8 Å². The Balaban J connectivity index is 1.86. The van der Waals surface area contributed by atoms with Crippen LogP contribution >= 0.6 is 11.6 Å². The van der Waals surface area contributed by atoms with Gasteiger partial charge in [-0.2, -0.15) is 0 Å². The first-order chi connectivity index (χ1) is 15.8. The summed E-state index contributed by atoms with van der Waals surface area (Å²) in [6.45, 7) is 1.85.